The van der Waals surface area contributed by atoms with Gasteiger partial charge in [-0.25, -0.2) is 0 Å². The van der Waals surface area contributed by atoms with Crippen molar-refractivity contribution < 1.29 is 0 Å². The van der Waals surface area contributed by atoms with E-state index in [2.05, 4.69) is 22.4 Å². The van der Waals surface area contributed by atoms with Crippen LogP contribution in [0.15, 0.2) is 30.5 Å². The summed E-state index contributed by atoms with van der Waals surface area (Å²) in [6.07, 6.45) is 6.91. The molecule has 1 aliphatic rings. The van der Waals surface area contributed by atoms with Gasteiger partial charge in [0.05, 0.1) is 6.07 Å². The third kappa shape index (κ3) is 2.00. The molecular formula is C15H17N3. The first-order chi connectivity index (χ1) is 8.88. The van der Waals surface area contributed by atoms with E-state index >= 15 is 0 Å². The number of hydrogen-bond acceptors (Lipinski definition) is 2. The third-order valence-corrected chi connectivity index (χ3v) is 3.82. The fourth-order valence-corrected chi connectivity index (χ4v) is 2.86. The Morgan fingerprint density at radius 2 is 2.06 bits per heavy atom. The van der Waals surface area contributed by atoms with Gasteiger partial charge in [0.15, 0.2) is 0 Å². The number of nitriles is 1. The molecule has 1 aromatic heterocycles. The number of nitrogens with one attached hydrogen (secondary N) is 2. The minimum Gasteiger partial charge on any atom is -0.361 e. The zero-order chi connectivity index (χ0) is 12.4. The van der Waals surface area contributed by atoms with E-state index in [0.29, 0.717) is 6.04 Å². The first kappa shape index (κ1) is 11.3. The summed E-state index contributed by atoms with van der Waals surface area (Å²) in [7, 11) is 0. The van der Waals surface area contributed by atoms with Crippen LogP contribution >= 0.6 is 0 Å². The van der Waals surface area contributed by atoms with Gasteiger partial charge in [-0.2, -0.15) is 5.26 Å². The molecule has 3 nitrogen and oxygen atoms in total. The Morgan fingerprint density at radius 1 is 1.28 bits per heavy atom. The van der Waals surface area contributed by atoms with Crippen molar-refractivity contribution in [3.05, 3.63) is 36.0 Å². The monoisotopic (exact) mass is 239 g/mol. The molecule has 3 rings (SSSR count). The lowest BCUT2D eigenvalue weighted by Crippen LogP contribution is -2.29. The highest BCUT2D eigenvalue weighted by Gasteiger charge is 2.21. The molecule has 0 radical (unpaired) electrons. The number of aromatic amines is 1. The Labute approximate surface area is 107 Å². The summed E-state index contributed by atoms with van der Waals surface area (Å²) in [5.41, 5.74) is 2.17. The average Bonchev–Trinajstić information content (AvgIpc) is 3.05. The van der Waals surface area contributed by atoms with Crippen molar-refractivity contribution in [3.8, 4) is 6.07 Å². The van der Waals surface area contributed by atoms with Crippen LogP contribution in [0.2, 0.25) is 0 Å². The van der Waals surface area contributed by atoms with Gasteiger partial charge in [-0.05, 0) is 18.9 Å². The van der Waals surface area contributed by atoms with Crippen LogP contribution in [0.4, 0.5) is 0 Å². The zero-order valence-corrected chi connectivity index (χ0v) is 10.3. The van der Waals surface area contributed by atoms with Crippen molar-refractivity contribution in [3.63, 3.8) is 0 Å². The van der Waals surface area contributed by atoms with Gasteiger partial charge in [-0.1, -0.05) is 31.0 Å². The molecule has 1 fully saturated rings. The van der Waals surface area contributed by atoms with E-state index in [1.165, 1.54) is 25.7 Å². The molecule has 0 spiro atoms. The number of rotatable bonds is 3. The largest absolute Gasteiger partial charge is 0.361 e. The molecule has 2 aromatic rings. The van der Waals surface area contributed by atoms with Crippen LogP contribution in [-0.2, 0) is 0 Å². The first-order valence-electron chi connectivity index (χ1n) is 6.60. The van der Waals surface area contributed by atoms with E-state index in [4.69, 9.17) is 0 Å². The van der Waals surface area contributed by atoms with Crippen LogP contribution in [0.1, 0.15) is 37.3 Å². The smallest absolute Gasteiger partial charge is 0.123 e. The lowest BCUT2D eigenvalue weighted by Gasteiger charge is -2.16. The van der Waals surface area contributed by atoms with Crippen molar-refractivity contribution in [1.29, 1.82) is 5.26 Å². The number of para-hydroxylation sites is 1. The van der Waals surface area contributed by atoms with Crippen LogP contribution in [0.3, 0.4) is 0 Å². The molecule has 1 heterocycles. The number of fused-ring (bicyclic) bond motifs is 1. The summed E-state index contributed by atoms with van der Waals surface area (Å²) in [6, 6.07) is 10.8. The number of benzene rings is 1. The van der Waals surface area contributed by atoms with Gasteiger partial charge in [0.25, 0.3) is 0 Å². The van der Waals surface area contributed by atoms with Gasteiger partial charge < -0.3 is 4.98 Å². The highest BCUT2D eigenvalue weighted by atomic mass is 15.0. The maximum Gasteiger partial charge on any atom is 0.123 e. The minimum atomic E-state index is -0.204. The average molecular weight is 239 g/mol. The molecule has 1 saturated carbocycles. The summed E-state index contributed by atoms with van der Waals surface area (Å²) >= 11 is 0. The fraction of sp³-hybridized carbons (Fsp3) is 0.400. The van der Waals surface area contributed by atoms with Gasteiger partial charge in [0.2, 0.25) is 0 Å². The van der Waals surface area contributed by atoms with Crippen molar-refractivity contribution in [1.82, 2.24) is 10.3 Å². The number of aromatic nitrogens is 1. The fourth-order valence-electron chi connectivity index (χ4n) is 2.86. The second kappa shape index (κ2) is 4.83. The summed E-state index contributed by atoms with van der Waals surface area (Å²) in [4.78, 5) is 3.24. The predicted octanol–water partition coefficient (Wildman–Crippen LogP) is 3.26. The van der Waals surface area contributed by atoms with E-state index in [-0.39, 0.29) is 6.04 Å². The van der Waals surface area contributed by atoms with Crippen LogP contribution in [0, 0.1) is 11.3 Å². The predicted molar refractivity (Wildman–Crippen MR) is 72.0 cm³/mol. The van der Waals surface area contributed by atoms with Crippen molar-refractivity contribution in [2.45, 2.75) is 37.8 Å². The second-order valence-electron chi connectivity index (χ2n) is 5.00. The normalized spacial score (nSPS) is 17.9. The van der Waals surface area contributed by atoms with Crippen molar-refractivity contribution in [2.75, 3.05) is 0 Å². The molecule has 0 bridgehead atoms. The molecule has 2 N–H and O–H groups in total. The van der Waals surface area contributed by atoms with Gasteiger partial charge in [-0.3, -0.25) is 5.32 Å². The zero-order valence-electron chi connectivity index (χ0n) is 10.3. The summed E-state index contributed by atoms with van der Waals surface area (Å²) in [5, 5.41) is 14.0. The van der Waals surface area contributed by atoms with Crippen LogP contribution in [-0.4, -0.2) is 11.0 Å². The molecule has 0 aliphatic heterocycles. The van der Waals surface area contributed by atoms with Gasteiger partial charge >= 0.3 is 0 Å². The molecule has 1 unspecified atom stereocenters. The van der Waals surface area contributed by atoms with E-state index in [1.807, 2.05) is 24.4 Å². The Morgan fingerprint density at radius 3 is 2.83 bits per heavy atom. The van der Waals surface area contributed by atoms with E-state index in [1.54, 1.807) is 0 Å². The number of hydrogen-bond donors (Lipinski definition) is 2. The molecular weight excluding hydrogens is 222 g/mol. The first-order valence-corrected chi connectivity index (χ1v) is 6.60. The molecule has 1 atom stereocenters. The Balaban J connectivity index is 1.89. The number of H-pyrrole nitrogens is 1. The summed E-state index contributed by atoms with van der Waals surface area (Å²) in [5.74, 6) is 0. The molecule has 1 aliphatic carbocycles. The van der Waals surface area contributed by atoms with E-state index in [9.17, 15) is 5.26 Å². The highest BCUT2D eigenvalue weighted by molar-refractivity contribution is 5.83. The minimum absolute atomic E-state index is 0.204. The standard InChI is InChI=1S/C15H17N3/c16-9-15(18-11-5-1-2-6-11)13-10-17-14-8-4-3-7-12(13)14/h3-4,7-8,10-11,15,17-18H,1-2,5-6H2. The molecule has 1 aromatic carbocycles. The Kier molecular flexibility index (Phi) is 3.04. The Bertz CT molecular complexity index is 573. The molecule has 18 heavy (non-hydrogen) atoms. The second-order valence-corrected chi connectivity index (χ2v) is 5.00. The molecule has 0 amide bonds. The van der Waals surface area contributed by atoms with E-state index in [0.717, 1.165) is 16.5 Å². The lowest BCUT2D eigenvalue weighted by molar-refractivity contribution is 0.494. The maximum atomic E-state index is 9.39. The van der Waals surface area contributed by atoms with Crippen LogP contribution in [0.5, 0.6) is 0 Å². The molecule has 92 valence electrons. The van der Waals surface area contributed by atoms with Crippen molar-refractivity contribution in [2.24, 2.45) is 0 Å². The maximum absolute atomic E-state index is 9.39. The van der Waals surface area contributed by atoms with Gasteiger partial charge in [-0.15, -0.1) is 0 Å². The lowest BCUT2D eigenvalue weighted by atomic mass is 10.1. The van der Waals surface area contributed by atoms with Gasteiger partial charge in [0.1, 0.15) is 6.04 Å². The van der Waals surface area contributed by atoms with E-state index < -0.39 is 0 Å². The molecule has 3 heteroatoms. The van der Waals surface area contributed by atoms with Gasteiger partial charge in [0, 0.05) is 28.7 Å². The third-order valence-electron chi connectivity index (χ3n) is 3.82. The van der Waals surface area contributed by atoms with Crippen LogP contribution in [0.25, 0.3) is 10.9 Å². The quantitative estimate of drug-likeness (QED) is 0.863. The SMILES string of the molecule is N#CC(NC1CCCC1)c1c[nH]c2ccccc12. The van der Waals surface area contributed by atoms with Crippen molar-refractivity contribution >= 4 is 10.9 Å². The number of nitrogens with zero attached hydrogens (tertiary/aromatic N) is 1. The highest BCUT2D eigenvalue weighted by Crippen LogP contribution is 2.26. The molecule has 0 saturated heterocycles. The summed E-state index contributed by atoms with van der Waals surface area (Å²) in [6.45, 7) is 0. The summed E-state index contributed by atoms with van der Waals surface area (Å²) < 4.78 is 0. The topological polar surface area (TPSA) is 51.6 Å². The Hall–Kier alpha value is -1.79. The van der Waals surface area contributed by atoms with Crippen LogP contribution < -0.4 is 5.32 Å².